The second-order valence-corrected chi connectivity index (χ2v) is 8.40. The topological polar surface area (TPSA) is 63.1 Å². The summed E-state index contributed by atoms with van der Waals surface area (Å²) in [5.41, 5.74) is 1.01. The van der Waals surface area contributed by atoms with Gasteiger partial charge >= 0.3 is 0 Å². The zero-order valence-electron chi connectivity index (χ0n) is 12.8. The first-order chi connectivity index (χ1) is 10.1. The van der Waals surface area contributed by atoms with E-state index in [1.54, 1.807) is 12.3 Å². The maximum absolute atomic E-state index is 12.4. The van der Waals surface area contributed by atoms with Crippen molar-refractivity contribution < 1.29 is 8.42 Å². The molecule has 5 nitrogen and oxygen atoms in total. The molecule has 2 N–H and O–H groups in total. The summed E-state index contributed by atoms with van der Waals surface area (Å²) in [5.74, 6) is 1.14. The van der Waals surface area contributed by atoms with Crippen LogP contribution in [0, 0.1) is 0 Å². The van der Waals surface area contributed by atoms with E-state index in [4.69, 9.17) is 0 Å². The highest BCUT2D eigenvalue weighted by Gasteiger charge is 2.21. The lowest BCUT2D eigenvalue weighted by molar-refractivity contribution is 0.578. The van der Waals surface area contributed by atoms with Gasteiger partial charge < -0.3 is 9.88 Å². The van der Waals surface area contributed by atoms with Crippen LogP contribution in [0.15, 0.2) is 17.2 Å². The normalized spacial score (nSPS) is 19.2. The summed E-state index contributed by atoms with van der Waals surface area (Å²) in [6, 6.07) is 1.77. The Morgan fingerprint density at radius 3 is 2.86 bits per heavy atom. The molecule has 0 radical (unpaired) electrons. The lowest BCUT2D eigenvalue weighted by Crippen LogP contribution is -2.29. The predicted octanol–water partition coefficient (Wildman–Crippen LogP) is 1.79. The van der Waals surface area contributed by atoms with E-state index in [1.165, 1.54) is 6.42 Å². The third kappa shape index (κ3) is 4.48. The van der Waals surface area contributed by atoms with Crippen LogP contribution in [0.25, 0.3) is 0 Å². The van der Waals surface area contributed by atoms with Crippen LogP contribution in [-0.4, -0.2) is 37.1 Å². The molecule has 1 atom stereocenters. The Hall–Kier alpha value is -0.500. The number of nitrogens with one attached hydrogen (secondary N) is 2. The number of sulfonamides is 1. The van der Waals surface area contributed by atoms with Crippen LogP contribution in [0.5, 0.6) is 0 Å². The quantitative estimate of drug-likeness (QED) is 0.762. The number of nitrogens with zero attached hydrogens (tertiary/aromatic N) is 1. The molecule has 1 aromatic heterocycles. The molecule has 1 fully saturated rings. The molecule has 7 heteroatoms. The van der Waals surface area contributed by atoms with E-state index in [2.05, 4.69) is 10.0 Å². The molecule has 1 unspecified atom stereocenters. The second-order valence-electron chi connectivity index (χ2n) is 5.22. The van der Waals surface area contributed by atoms with Crippen LogP contribution in [0.1, 0.15) is 32.4 Å². The first-order valence-corrected chi connectivity index (χ1v) is 10.1. The first kappa shape index (κ1) is 16.9. The van der Waals surface area contributed by atoms with Crippen molar-refractivity contribution in [2.75, 3.05) is 18.8 Å². The minimum atomic E-state index is -3.40. The van der Waals surface area contributed by atoms with Gasteiger partial charge in [-0.25, -0.2) is 13.1 Å². The molecule has 0 aliphatic carbocycles. The monoisotopic (exact) mass is 331 g/mol. The lowest BCUT2D eigenvalue weighted by atomic mass is 10.2. The zero-order chi connectivity index (χ0) is 15.3. The fourth-order valence-corrected chi connectivity index (χ4v) is 4.91. The molecule has 1 saturated heterocycles. The number of rotatable bonds is 8. The molecule has 1 aromatic rings. The van der Waals surface area contributed by atoms with Crippen LogP contribution < -0.4 is 10.0 Å². The van der Waals surface area contributed by atoms with Crippen LogP contribution in [0.4, 0.5) is 0 Å². The average molecular weight is 332 g/mol. The SMILES string of the molecule is CCNCc1cc(S(=O)(=O)NCC2CCCS2)cn1CC. The van der Waals surface area contributed by atoms with Crippen molar-refractivity contribution in [2.45, 2.75) is 49.9 Å². The largest absolute Gasteiger partial charge is 0.349 e. The van der Waals surface area contributed by atoms with Gasteiger partial charge in [-0.3, -0.25) is 0 Å². The fraction of sp³-hybridized carbons (Fsp3) is 0.714. The minimum absolute atomic E-state index is 0.375. The maximum atomic E-state index is 12.4. The highest BCUT2D eigenvalue weighted by Crippen LogP contribution is 2.25. The van der Waals surface area contributed by atoms with Gasteiger partial charge in [0.05, 0.1) is 4.90 Å². The van der Waals surface area contributed by atoms with Gasteiger partial charge in [-0.2, -0.15) is 11.8 Å². The van der Waals surface area contributed by atoms with Crippen LogP contribution in [-0.2, 0) is 23.1 Å². The summed E-state index contributed by atoms with van der Waals surface area (Å²) in [7, 11) is -3.40. The smallest absolute Gasteiger partial charge is 0.242 e. The van der Waals surface area contributed by atoms with Gasteiger partial charge in [-0.15, -0.1) is 0 Å². The minimum Gasteiger partial charge on any atom is -0.349 e. The van der Waals surface area contributed by atoms with E-state index in [-0.39, 0.29) is 0 Å². The van der Waals surface area contributed by atoms with Gasteiger partial charge in [0.2, 0.25) is 10.0 Å². The molecular weight excluding hydrogens is 306 g/mol. The van der Waals surface area contributed by atoms with Crippen molar-refractivity contribution in [3.8, 4) is 0 Å². The Bertz CT molecular complexity index is 549. The summed E-state index contributed by atoms with van der Waals surface area (Å²) in [6.45, 7) is 6.93. The third-order valence-corrected chi connectivity index (χ3v) is 6.48. The van der Waals surface area contributed by atoms with Gasteiger partial charge in [-0.1, -0.05) is 6.92 Å². The summed E-state index contributed by atoms with van der Waals surface area (Å²) >= 11 is 1.86. The molecule has 0 saturated carbocycles. The van der Waals surface area contributed by atoms with E-state index in [1.807, 2.05) is 30.2 Å². The Morgan fingerprint density at radius 1 is 1.43 bits per heavy atom. The van der Waals surface area contributed by atoms with E-state index in [0.717, 1.165) is 31.0 Å². The van der Waals surface area contributed by atoms with Gasteiger partial charge in [0.15, 0.2) is 0 Å². The molecule has 0 amide bonds. The standard InChI is InChI=1S/C14H25N3O2S2/c1-3-15-9-12-8-14(11-17(12)4-2)21(18,19)16-10-13-6-5-7-20-13/h8,11,13,15-16H,3-7,9-10H2,1-2H3. The Kier molecular flexibility index (Phi) is 6.16. The number of aromatic nitrogens is 1. The average Bonchev–Trinajstić information content (AvgIpc) is 3.12. The maximum Gasteiger partial charge on any atom is 0.242 e. The number of thioether (sulfide) groups is 1. The van der Waals surface area contributed by atoms with E-state index in [0.29, 0.717) is 23.2 Å². The van der Waals surface area contributed by atoms with E-state index < -0.39 is 10.0 Å². The van der Waals surface area contributed by atoms with Crippen LogP contribution in [0.2, 0.25) is 0 Å². The van der Waals surface area contributed by atoms with Crippen molar-refractivity contribution in [2.24, 2.45) is 0 Å². The van der Waals surface area contributed by atoms with E-state index in [9.17, 15) is 8.42 Å². The van der Waals surface area contributed by atoms with Crippen molar-refractivity contribution in [1.29, 1.82) is 0 Å². The zero-order valence-corrected chi connectivity index (χ0v) is 14.4. The first-order valence-electron chi connectivity index (χ1n) is 7.57. The number of hydrogen-bond donors (Lipinski definition) is 2. The fourth-order valence-electron chi connectivity index (χ4n) is 2.46. The molecule has 1 aliphatic rings. The molecule has 0 aromatic carbocycles. The van der Waals surface area contributed by atoms with Crippen molar-refractivity contribution in [1.82, 2.24) is 14.6 Å². The highest BCUT2D eigenvalue weighted by atomic mass is 32.2. The molecule has 1 aliphatic heterocycles. The van der Waals surface area contributed by atoms with Crippen LogP contribution >= 0.6 is 11.8 Å². The highest BCUT2D eigenvalue weighted by molar-refractivity contribution is 8.00. The summed E-state index contributed by atoms with van der Waals surface area (Å²) in [6.07, 6.45) is 4.03. The molecule has 120 valence electrons. The summed E-state index contributed by atoms with van der Waals surface area (Å²) in [5, 5.41) is 3.67. The van der Waals surface area contributed by atoms with E-state index >= 15 is 0 Å². The van der Waals surface area contributed by atoms with Gasteiger partial charge in [-0.05, 0) is 38.1 Å². The molecular formula is C14H25N3O2S2. The number of aryl methyl sites for hydroxylation is 1. The Balaban J connectivity index is 2.05. The summed E-state index contributed by atoms with van der Waals surface area (Å²) < 4.78 is 29.5. The van der Waals surface area contributed by atoms with Gasteiger partial charge in [0, 0.05) is 36.8 Å². The van der Waals surface area contributed by atoms with Crippen molar-refractivity contribution in [3.05, 3.63) is 18.0 Å². The predicted molar refractivity (Wildman–Crippen MR) is 88.2 cm³/mol. The second kappa shape index (κ2) is 7.67. The number of hydrogen-bond acceptors (Lipinski definition) is 4. The molecule has 2 heterocycles. The Labute approximate surface area is 131 Å². The molecule has 0 spiro atoms. The molecule has 21 heavy (non-hydrogen) atoms. The van der Waals surface area contributed by atoms with Crippen molar-refractivity contribution in [3.63, 3.8) is 0 Å². The lowest BCUT2D eigenvalue weighted by Gasteiger charge is -2.09. The van der Waals surface area contributed by atoms with Gasteiger partial charge in [0.25, 0.3) is 0 Å². The van der Waals surface area contributed by atoms with Gasteiger partial charge in [0.1, 0.15) is 0 Å². The Morgan fingerprint density at radius 2 is 2.24 bits per heavy atom. The molecule has 2 rings (SSSR count). The third-order valence-electron chi connectivity index (χ3n) is 3.69. The molecule has 0 bridgehead atoms. The van der Waals surface area contributed by atoms with Crippen molar-refractivity contribution >= 4 is 21.8 Å². The summed E-state index contributed by atoms with van der Waals surface area (Å²) in [4.78, 5) is 0.375. The van der Waals surface area contributed by atoms with Crippen LogP contribution in [0.3, 0.4) is 0 Å².